The predicted molar refractivity (Wildman–Crippen MR) is 58.8 cm³/mol. The lowest BCUT2D eigenvalue weighted by Crippen LogP contribution is -2.21. The van der Waals surface area contributed by atoms with E-state index in [-0.39, 0.29) is 16.6 Å². The zero-order chi connectivity index (χ0) is 11.6. The Balaban J connectivity index is 4.89. The van der Waals surface area contributed by atoms with Crippen molar-refractivity contribution in [2.45, 2.75) is 41.5 Å². The highest BCUT2D eigenvalue weighted by Crippen LogP contribution is 2.27. The highest BCUT2D eigenvalue weighted by atomic mass is 27.1. The van der Waals surface area contributed by atoms with Crippen LogP contribution in [0.2, 0.25) is 0 Å². The summed E-state index contributed by atoms with van der Waals surface area (Å²) in [5.41, 5.74) is -0.484. The number of hydrogen-bond donors (Lipinski definition) is 0. The van der Waals surface area contributed by atoms with Crippen LogP contribution < -0.4 is 0 Å². The van der Waals surface area contributed by atoms with Gasteiger partial charge in [-0.2, -0.15) is 0 Å². The fraction of sp³-hybridized carbons (Fsp3) is 0.727. The average molecular weight is 210 g/mol. The van der Waals surface area contributed by atoms with E-state index in [2.05, 4.69) is 16.6 Å². The van der Waals surface area contributed by atoms with Crippen molar-refractivity contribution in [1.29, 1.82) is 0 Å². The van der Waals surface area contributed by atoms with E-state index < -0.39 is 0 Å². The van der Waals surface area contributed by atoms with Crippen molar-refractivity contribution in [3.8, 4) is 0 Å². The van der Waals surface area contributed by atoms with Crippen LogP contribution >= 0.6 is 0 Å². The maximum atomic E-state index is 11.7. The Morgan fingerprint density at radius 2 is 1.50 bits per heavy atom. The molecule has 0 saturated heterocycles. The molecule has 2 radical (unpaired) electrons. The van der Waals surface area contributed by atoms with Gasteiger partial charge in [0.1, 0.15) is 0 Å². The monoisotopic (exact) mass is 210 g/mol. The molecule has 0 aliphatic rings. The standard InChI is InChI=1S/C11H20O2.Al/c1-10(2,3)8(12)7-9(13)11(4,5)6;/h7,12H,1-6H3;/q;+1/p-1/b8-7-;. The summed E-state index contributed by atoms with van der Waals surface area (Å²) in [4.78, 5) is 11.7. The van der Waals surface area contributed by atoms with E-state index in [9.17, 15) is 4.79 Å². The first-order chi connectivity index (χ1) is 6.09. The van der Waals surface area contributed by atoms with Gasteiger partial charge in [-0.15, -0.1) is 0 Å². The maximum absolute atomic E-state index is 11.7. The fourth-order valence-corrected chi connectivity index (χ4v) is 1.18. The maximum Gasteiger partial charge on any atom is 0.481 e. The van der Waals surface area contributed by atoms with Gasteiger partial charge in [0.05, 0.1) is 5.76 Å². The van der Waals surface area contributed by atoms with Crippen LogP contribution in [0.15, 0.2) is 11.8 Å². The van der Waals surface area contributed by atoms with E-state index in [1.165, 1.54) is 0 Å². The van der Waals surface area contributed by atoms with Crippen LogP contribution in [-0.4, -0.2) is 22.4 Å². The number of allylic oxidation sites excluding steroid dienone is 2. The minimum Gasteiger partial charge on any atom is -0.656 e. The molecule has 0 fully saturated rings. The molecule has 0 N–H and O–H groups in total. The normalized spacial score (nSPS) is 14.0. The fourth-order valence-electron chi connectivity index (χ4n) is 0.763. The average Bonchev–Trinajstić information content (AvgIpc) is 1.95. The van der Waals surface area contributed by atoms with Crippen molar-refractivity contribution in [3.05, 3.63) is 11.8 Å². The summed E-state index contributed by atoms with van der Waals surface area (Å²) in [5, 5.41) is 0. The molecule has 0 aromatic carbocycles. The summed E-state index contributed by atoms with van der Waals surface area (Å²) in [6.07, 6.45) is 1.59. The Morgan fingerprint density at radius 1 is 1.07 bits per heavy atom. The van der Waals surface area contributed by atoms with Crippen molar-refractivity contribution in [2.75, 3.05) is 0 Å². The summed E-state index contributed by atoms with van der Waals surface area (Å²) < 4.78 is 5.14. The van der Waals surface area contributed by atoms with E-state index >= 15 is 0 Å². The zero-order valence-electron chi connectivity index (χ0n) is 9.97. The molecular formula is C11H19AlO2. The highest BCUT2D eigenvalue weighted by molar-refractivity contribution is 6.00. The molecule has 2 nitrogen and oxygen atoms in total. The Labute approximate surface area is 95.5 Å². The lowest BCUT2D eigenvalue weighted by Gasteiger charge is -2.25. The van der Waals surface area contributed by atoms with Crippen LogP contribution in [0.3, 0.4) is 0 Å². The summed E-state index contributed by atoms with van der Waals surface area (Å²) in [6, 6.07) is 0. The summed E-state index contributed by atoms with van der Waals surface area (Å²) in [7, 11) is 0. The number of ketones is 1. The zero-order valence-corrected chi connectivity index (χ0v) is 11.1. The molecule has 0 aliphatic heterocycles. The lowest BCUT2D eigenvalue weighted by atomic mass is 9.87. The Morgan fingerprint density at radius 3 is 1.71 bits per heavy atom. The second-order valence-corrected chi connectivity index (χ2v) is 5.73. The third-order valence-electron chi connectivity index (χ3n) is 1.87. The summed E-state index contributed by atoms with van der Waals surface area (Å²) in [6.45, 7) is 11.7. The Kier molecular flexibility index (Phi) is 4.42. The number of carbonyl (C=O) groups is 1. The lowest BCUT2D eigenvalue weighted by molar-refractivity contribution is -0.121. The van der Waals surface area contributed by atoms with Gasteiger partial charge in [-0.3, -0.25) is 4.79 Å². The first-order valence-electron chi connectivity index (χ1n) is 4.72. The largest absolute Gasteiger partial charge is 0.656 e. The van der Waals surface area contributed by atoms with Gasteiger partial charge in [0.15, 0.2) is 5.78 Å². The van der Waals surface area contributed by atoms with Gasteiger partial charge in [-0.05, 0) is 0 Å². The molecular weight excluding hydrogens is 191 g/mol. The van der Waals surface area contributed by atoms with Gasteiger partial charge in [-0.25, -0.2) is 0 Å². The molecule has 0 atom stereocenters. The predicted octanol–water partition coefficient (Wildman–Crippen LogP) is 2.63. The van der Waals surface area contributed by atoms with Crippen molar-refractivity contribution in [3.63, 3.8) is 0 Å². The molecule has 3 heteroatoms. The topological polar surface area (TPSA) is 26.3 Å². The quantitative estimate of drug-likeness (QED) is 0.398. The molecule has 0 rings (SSSR count). The molecule has 14 heavy (non-hydrogen) atoms. The molecule has 0 spiro atoms. The van der Waals surface area contributed by atoms with Gasteiger partial charge in [0.25, 0.3) is 0 Å². The van der Waals surface area contributed by atoms with E-state index in [1.54, 1.807) is 6.08 Å². The van der Waals surface area contributed by atoms with Crippen molar-refractivity contribution < 1.29 is 8.58 Å². The molecule has 0 aromatic heterocycles. The second-order valence-electron chi connectivity index (χ2n) is 5.49. The smallest absolute Gasteiger partial charge is 0.481 e. The van der Waals surface area contributed by atoms with Gasteiger partial charge >= 0.3 is 16.6 Å². The van der Waals surface area contributed by atoms with Crippen LogP contribution in [0.25, 0.3) is 0 Å². The van der Waals surface area contributed by atoms with Crippen LogP contribution in [0.1, 0.15) is 41.5 Å². The van der Waals surface area contributed by atoms with E-state index in [0.29, 0.717) is 5.76 Å². The van der Waals surface area contributed by atoms with Gasteiger partial charge < -0.3 is 3.79 Å². The molecule has 78 valence electrons. The van der Waals surface area contributed by atoms with Gasteiger partial charge in [-0.1, -0.05) is 41.5 Å². The first kappa shape index (κ1) is 13.7. The van der Waals surface area contributed by atoms with Gasteiger partial charge in [0, 0.05) is 16.9 Å². The van der Waals surface area contributed by atoms with Crippen molar-refractivity contribution in [2.24, 2.45) is 10.8 Å². The molecule has 0 heterocycles. The SMILES string of the molecule is CC(C)(C)C(=O)/C=C(\[O][Al])C(C)(C)C. The van der Waals surface area contributed by atoms with Crippen molar-refractivity contribution in [1.82, 2.24) is 0 Å². The molecule has 0 unspecified atom stereocenters. The minimum absolute atomic E-state index is 0.0878. The molecule has 0 bridgehead atoms. The number of rotatable bonds is 2. The van der Waals surface area contributed by atoms with E-state index in [0.717, 1.165) is 0 Å². The highest BCUT2D eigenvalue weighted by Gasteiger charge is 2.23. The van der Waals surface area contributed by atoms with Crippen LogP contribution in [0.5, 0.6) is 0 Å². The third-order valence-corrected chi connectivity index (χ3v) is 2.12. The van der Waals surface area contributed by atoms with Crippen molar-refractivity contribution >= 4 is 22.4 Å². The Bertz CT molecular complexity index is 241. The minimum atomic E-state index is -0.348. The van der Waals surface area contributed by atoms with E-state index in [4.69, 9.17) is 3.79 Å². The summed E-state index contributed by atoms with van der Waals surface area (Å²) in [5.74, 6) is 0.785. The molecule has 0 saturated carbocycles. The second kappa shape index (κ2) is 4.51. The first-order valence-corrected chi connectivity index (χ1v) is 5.19. The van der Waals surface area contributed by atoms with E-state index in [1.807, 2.05) is 41.5 Å². The summed E-state index contributed by atoms with van der Waals surface area (Å²) >= 11 is 2.19. The van der Waals surface area contributed by atoms with Gasteiger partial charge in [0.2, 0.25) is 0 Å². The number of hydrogen-bond acceptors (Lipinski definition) is 2. The van der Waals surface area contributed by atoms with Crippen LogP contribution in [-0.2, 0) is 8.58 Å². The van der Waals surface area contributed by atoms with Crippen LogP contribution in [0, 0.1) is 10.8 Å². The Hall–Kier alpha value is -0.258. The molecule has 0 aliphatic carbocycles. The third kappa shape index (κ3) is 4.30. The number of carbonyl (C=O) groups excluding carboxylic acids is 1. The molecule has 0 aromatic rings. The molecule has 0 amide bonds. The van der Waals surface area contributed by atoms with Crippen LogP contribution in [0.4, 0.5) is 0 Å².